The first-order valence-corrected chi connectivity index (χ1v) is 12.1. The molecule has 2 atom stereocenters. The van der Waals surface area contributed by atoms with Crippen LogP contribution in [0, 0.1) is 0 Å². The van der Waals surface area contributed by atoms with Crippen LogP contribution in [0.15, 0.2) is 29.4 Å². The summed E-state index contributed by atoms with van der Waals surface area (Å²) in [7, 11) is -8.35. The Morgan fingerprint density at radius 1 is 0.960 bits per heavy atom. The summed E-state index contributed by atoms with van der Waals surface area (Å²) in [6, 6.07) is 5.11. The summed E-state index contributed by atoms with van der Waals surface area (Å²) in [4.78, 5) is 14.6. The van der Waals surface area contributed by atoms with Crippen LogP contribution in [0.4, 0.5) is 0 Å². The van der Waals surface area contributed by atoms with Gasteiger partial charge < -0.3 is 18.5 Å². The lowest BCUT2D eigenvalue weighted by molar-refractivity contribution is 0.141. The van der Waals surface area contributed by atoms with E-state index in [4.69, 9.17) is 13.6 Å². The molecule has 10 heteroatoms. The van der Waals surface area contributed by atoms with Gasteiger partial charge in [-0.1, -0.05) is 17.8 Å². The molecule has 1 aromatic heterocycles. The van der Waals surface area contributed by atoms with Crippen molar-refractivity contribution in [3.8, 4) is 0 Å². The van der Waals surface area contributed by atoms with Crippen molar-refractivity contribution in [1.29, 1.82) is 0 Å². The summed E-state index contributed by atoms with van der Waals surface area (Å²) < 4.78 is 41.2. The molecular formula is C15H27NO6P2S. The lowest BCUT2D eigenvalue weighted by Crippen LogP contribution is -2.19. The third-order valence-corrected chi connectivity index (χ3v) is 10.4. The van der Waals surface area contributed by atoms with E-state index in [1.165, 1.54) is 0 Å². The molecule has 0 amide bonds. The second-order valence-electron chi connectivity index (χ2n) is 6.18. The summed E-state index contributed by atoms with van der Waals surface area (Å²) in [5.74, 6) is 0. The van der Waals surface area contributed by atoms with E-state index in [-0.39, 0.29) is 0 Å². The predicted molar refractivity (Wildman–Crippen MR) is 100.0 cm³/mol. The van der Waals surface area contributed by atoms with Crippen LogP contribution in [0.1, 0.15) is 41.5 Å². The topological polar surface area (TPSA) is 95.0 Å². The third-order valence-electron chi connectivity index (χ3n) is 2.49. The Morgan fingerprint density at radius 3 is 1.88 bits per heavy atom. The minimum Gasteiger partial charge on any atom is -0.323 e. The molecule has 1 aromatic rings. The van der Waals surface area contributed by atoms with E-state index >= 15 is 0 Å². The fourth-order valence-electron chi connectivity index (χ4n) is 1.91. The zero-order chi connectivity index (χ0) is 19.3. The van der Waals surface area contributed by atoms with Gasteiger partial charge in [-0.15, -0.1) is 0 Å². The number of hydrogen-bond donors (Lipinski definition) is 1. The molecule has 0 aliphatic heterocycles. The summed E-state index contributed by atoms with van der Waals surface area (Å²) in [5.41, 5.74) is 0. The van der Waals surface area contributed by atoms with Gasteiger partial charge in [-0.05, 0) is 53.7 Å². The Bertz CT molecular complexity index is 612. The van der Waals surface area contributed by atoms with E-state index in [0.717, 1.165) is 11.8 Å². The highest BCUT2D eigenvalue weighted by atomic mass is 32.2. The Labute approximate surface area is 153 Å². The largest absolute Gasteiger partial charge is 0.356 e. The Kier molecular flexibility index (Phi) is 8.82. The maximum atomic E-state index is 13.5. The lowest BCUT2D eigenvalue weighted by Gasteiger charge is -2.31. The minimum atomic E-state index is -4.35. The van der Waals surface area contributed by atoms with Crippen molar-refractivity contribution in [2.24, 2.45) is 0 Å². The van der Waals surface area contributed by atoms with Gasteiger partial charge in [-0.25, -0.2) is 4.98 Å². The SMILES string of the molecule is CC(C)OP(=O)(O)C(Sc1ccccn1)P(=O)(OC(C)C)OC(C)C. The van der Waals surface area contributed by atoms with Gasteiger partial charge in [-0.2, -0.15) is 0 Å². The monoisotopic (exact) mass is 411 g/mol. The van der Waals surface area contributed by atoms with E-state index < -0.39 is 38.2 Å². The van der Waals surface area contributed by atoms with Gasteiger partial charge in [0.25, 0.3) is 0 Å². The molecule has 7 nitrogen and oxygen atoms in total. The first kappa shape index (κ1) is 22.8. The lowest BCUT2D eigenvalue weighted by atomic mass is 10.5. The van der Waals surface area contributed by atoms with Gasteiger partial charge in [0.15, 0.2) is 0 Å². The van der Waals surface area contributed by atoms with Gasteiger partial charge >= 0.3 is 15.2 Å². The molecule has 0 saturated carbocycles. The number of rotatable bonds is 10. The maximum absolute atomic E-state index is 13.5. The van der Waals surface area contributed by atoms with Gasteiger partial charge in [-0.3, -0.25) is 9.13 Å². The van der Waals surface area contributed by atoms with Crippen molar-refractivity contribution >= 4 is 27.0 Å². The first-order valence-electron chi connectivity index (χ1n) is 8.01. The van der Waals surface area contributed by atoms with Crippen molar-refractivity contribution in [1.82, 2.24) is 4.98 Å². The molecule has 0 saturated heterocycles. The van der Waals surface area contributed by atoms with Crippen LogP contribution in [-0.4, -0.2) is 32.9 Å². The van der Waals surface area contributed by atoms with E-state index in [9.17, 15) is 14.0 Å². The zero-order valence-corrected chi connectivity index (χ0v) is 18.0. The van der Waals surface area contributed by atoms with Crippen molar-refractivity contribution in [2.75, 3.05) is 0 Å². The molecule has 25 heavy (non-hydrogen) atoms. The molecule has 0 spiro atoms. The minimum absolute atomic E-state index is 0.425. The quantitative estimate of drug-likeness (QED) is 0.419. The Morgan fingerprint density at radius 2 is 1.48 bits per heavy atom. The van der Waals surface area contributed by atoms with Crippen LogP contribution in [0.25, 0.3) is 0 Å². The molecule has 1 N–H and O–H groups in total. The van der Waals surface area contributed by atoms with E-state index in [1.54, 1.807) is 65.9 Å². The van der Waals surface area contributed by atoms with Crippen LogP contribution < -0.4 is 0 Å². The number of nitrogens with zero attached hydrogens (tertiary/aromatic N) is 1. The summed E-state index contributed by atoms with van der Waals surface area (Å²) in [5, 5.41) is 0.425. The number of thioether (sulfide) groups is 1. The first-order chi connectivity index (χ1) is 11.5. The van der Waals surface area contributed by atoms with Gasteiger partial charge in [0.05, 0.1) is 23.3 Å². The average molecular weight is 411 g/mol. The number of pyridine rings is 1. The highest BCUT2D eigenvalue weighted by Gasteiger charge is 2.52. The van der Waals surface area contributed by atoms with Crippen LogP contribution >= 0.6 is 27.0 Å². The number of aromatic nitrogens is 1. The molecule has 1 heterocycles. The van der Waals surface area contributed by atoms with Crippen molar-refractivity contribution in [3.63, 3.8) is 0 Å². The average Bonchev–Trinajstić information content (AvgIpc) is 2.42. The predicted octanol–water partition coefficient (Wildman–Crippen LogP) is 5.11. The molecule has 0 aromatic carbocycles. The molecule has 0 fully saturated rings. The third kappa shape index (κ3) is 7.51. The molecule has 0 bridgehead atoms. The van der Waals surface area contributed by atoms with Gasteiger partial charge in [0, 0.05) is 6.20 Å². The van der Waals surface area contributed by atoms with Crippen molar-refractivity contribution < 1.29 is 27.6 Å². The van der Waals surface area contributed by atoms with Crippen LogP contribution in [0.3, 0.4) is 0 Å². The van der Waals surface area contributed by atoms with Crippen molar-refractivity contribution in [2.45, 2.75) is 69.6 Å². The molecule has 1 rings (SSSR count). The second-order valence-corrected chi connectivity index (χ2v) is 12.3. The van der Waals surface area contributed by atoms with Crippen LogP contribution in [0.2, 0.25) is 0 Å². The van der Waals surface area contributed by atoms with Gasteiger partial charge in [0.2, 0.25) is 4.73 Å². The highest BCUT2D eigenvalue weighted by molar-refractivity contribution is 8.12. The van der Waals surface area contributed by atoms with E-state index in [1.807, 2.05) is 0 Å². The molecule has 144 valence electrons. The van der Waals surface area contributed by atoms with Crippen LogP contribution in [0.5, 0.6) is 0 Å². The Balaban J connectivity index is 3.34. The van der Waals surface area contributed by atoms with Crippen molar-refractivity contribution in [3.05, 3.63) is 24.4 Å². The fraction of sp³-hybridized carbons (Fsp3) is 0.667. The highest BCUT2D eigenvalue weighted by Crippen LogP contribution is 2.73. The molecule has 0 aliphatic carbocycles. The fourth-order valence-corrected chi connectivity index (χ4v) is 8.61. The number of hydrogen-bond acceptors (Lipinski definition) is 7. The van der Waals surface area contributed by atoms with E-state index in [0.29, 0.717) is 5.03 Å². The molecule has 2 unspecified atom stereocenters. The normalized spacial score (nSPS) is 16.4. The molecule has 0 radical (unpaired) electrons. The smallest absolute Gasteiger partial charge is 0.323 e. The van der Waals surface area contributed by atoms with E-state index in [2.05, 4.69) is 4.98 Å². The maximum Gasteiger partial charge on any atom is 0.356 e. The summed E-state index contributed by atoms with van der Waals surface area (Å²) in [6.07, 6.45) is 0.0860. The zero-order valence-electron chi connectivity index (χ0n) is 15.4. The molecular weight excluding hydrogens is 384 g/mol. The standard InChI is InChI=1S/C15H27NO6P2S/c1-11(2)20-23(17,18)15(25-14-9-7-8-10-16-14)24(19,21-12(3)4)22-13(5)6/h7-13,15H,1-6H3,(H,17,18). The summed E-state index contributed by atoms with van der Waals surface area (Å²) in [6.45, 7) is 10.00. The molecule has 0 aliphatic rings. The van der Waals surface area contributed by atoms with Crippen LogP contribution in [-0.2, 0) is 22.7 Å². The Hall–Kier alpha value is -0.200. The summed E-state index contributed by atoms with van der Waals surface area (Å²) >= 11 is 0.866. The van der Waals surface area contributed by atoms with Gasteiger partial charge in [0.1, 0.15) is 0 Å². The second kappa shape index (κ2) is 9.65.